The summed E-state index contributed by atoms with van der Waals surface area (Å²) in [6.45, 7) is 1.96. The molecule has 4 rings (SSSR count). The van der Waals surface area contributed by atoms with Crippen molar-refractivity contribution in [1.29, 1.82) is 0 Å². The summed E-state index contributed by atoms with van der Waals surface area (Å²) >= 11 is 1.53. The van der Waals surface area contributed by atoms with Crippen molar-refractivity contribution in [2.24, 2.45) is 11.8 Å². The summed E-state index contributed by atoms with van der Waals surface area (Å²) < 4.78 is 21.8. The van der Waals surface area contributed by atoms with E-state index in [0.717, 1.165) is 57.8 Å². The van der Waals surface area contributed by atoms with Crippen LogP contribution in [0.15, 0.2) is 24.3 Å². The van der Waals surface area contributed by atoms with Gasteiger partial charge in [0, 0.05) is 49.0 Å². The van der Waals surface area contributed by atoms with Crippen molar-refractivity contribution in [2.45, 2.75) is 25.7 Å². The van der Waals surface area contributed by atoms with Crippen LogP contribution in [0.2, 0.25) is 0 Å². The minimum atomic E-state index is -2.33. The number of hydrogen-bond donors (Lipinski definition) is 0. The summed E-state index contributed by atoms with van der Waals surface area (Å²) in [5, 5.41) is 12.4. The van der Waals surface area contributed by atoms with Gasteiger partial charge < -0.3 is 4.90 Å². The van der Waals surface area contributed by atoms with Gasteiger partial charge in [-0.1, -0.05) is 25.0 Å². The lowest BCUT2D eigenvalue weighted by Gasteiger charge is -2.39. The highest BCUT2D eigenvalue weighted by molar-refractivity contribution is 7.13. The van der Waals surface area contributed by atoms with Crippen LogP contribution < -0.4 is 4.90 Å². The number of piperazine rings is 1. The highest BCUT2D eigenvalue weighted by atomic mass is 32.1. The first-order valence-electron chi connectivity index (χ1n) is 10.4. The largest absolute Gasteiger partial charge is 0.353 e. The van der Waals surface area contributed by atoms with Gasteiger partial charge in [-0.25, -0.2) is 0 Å². The van der Waals surface area contributed by atoms with Crippen LogP contribution in [0.4, 0.5) is 5.82 Å². The summed E-state index contributed by atoms with van der Waals surface area (Å²) in [6, 6.07) is 8.29. The smallest absolute Gasteiger partial charge is 0.206 e. The summed E-state index contributed by atoms with van der Waals surface area (Å²) in [7, 11) is 0. The third-order valence-corrected chi connectivity index (χ3v) is 6.52. The highest BCUT2D eigenvalue weighted by Crippen LogP contribution is 2.32. The Labute approximate surface area is 160 Å². The van der Waals surface area contributed by atoms with Crippen molar-refractivity contribution in [3.63, 3.8) is 0 Å². The van der Waals surface area contributed by atoms with Gasteiger partial charge in [0.25, 0.3) is 0 Å². The van der Waals surface area contributed by atoms with E-state index in [1.54, 1.807) is 0 Å². The molecule has 1 aliphatic heterocycles. The van der Waals surface area contributed by atoms with Crippen molar-refractivity contribution in [3.8, 4) is 0 Å². The Morgan fingerprint density at radius 1 is 1.19 bits per heavy atom. The fourth-order valence-corrected chi connectivity index (χ4v) is 5.10. The van der Waals surface area contributed by atoms with E-state index in [2.05, 4.69) is 26.3 Å². The monoisotopic (exact) mass is 376 g/mol. The molecule has 1 aromatic heterocycles. The number of nitrogens with zero attached hydrogens (tertiary/aromatic N) is 4. The lowest BCUT2D eigenvalue weighted by molar-refractivity contribution is -0.490. The van der Waals surface area contributed by atoms with Crippen molar-refractivity contribution in [3.05, 3.63) is 34.4 Å². The van der Waals surface area contributed by atoms with Gasteiger partial charge in [-0.05, 0) is 42.4 Å². The zero-order valence-electron chi connectivity index (χ0n) is 16.8. The molecule has 2 heterocycles. The Morgan fingerprint density at radius 3 is 2.69 bits per heavy atom. The second-order valence-corrected chi connectivity index (χ2v) is 8.13. The van der Waals surface area contributed by atoms with Crippen LogP contribution in [0, 0.1) is 22.0 Å². The average Bonchev–Trinajstić information content (AvgIpc) is 3.13. The molecule has 0 unspecified atom stereocenters. The molecule has 0 radical (unpaired) electrons. The summed E-state index contributed by atoms with van der Waals surface area (Å²) in [4.78, 5) is 15.2. The van der Waals surface area contributed by atoms with Gasteiger partial charge in [0.15, 0.2) is 0 Å². The number of fused-ring (bicyclic) bond motifs is 1. The molecule has 0 N–H and O–H groups in total. The molecule has 6 nitrogen and oxygen atoms in total. The average molecular weight is 377 g/mol. The quantitative estimate of drug-likeness (QED) is 0.590. The third kappa shape index (κ3) is 3.83. The fraction of sp³-hybridized carbons (Fsp3) is 0.632. The summed E-state index contributed by atoms with van der Waals surface area (Å²) in [5.74, 6) is 0.623. The molecular formula is C19H26N4O2S. The number of aromatic nitrogens is 1. The maximum absolute atomic E-state index is 11.2. The Kier molecular flexibility index (Phi) is 4.65. The van der Waals surface area contributed by atoms with E-state index >= 15 is 0 Å². The van der Waals surface area contributed by atoms with Crippen LogP contribution in [0.3, 0.4) is 0 Å². The molecule has 0 amide bonds. The molecule has 1 aromatic carbocycles. The van der Waals surface area contributed by atoms with Gasteiger partial charge in [-0.3, -0.25) is 15.0 Å². The van der Waals surface area contributed by atoms with Gasteiger partial charge in [0.05, 0.1) is 4.70 Å². The minimum Gasteiger partial charge on any atom is -0.353 e. The molecule has 26 heavy (non-hydrogen) atoms. The highest BCUT2D eigenvalue weighted by Gasteiger charge is 2.31. The first-order chi connectivity index (χ1) is 13.5. The number of benzene rings is 1. The lowest BCUT2D eigenvalue weighted by Crippen LogP contribution is -2.49. The number of rotatable bonds is 5. The second-order valence-electron chi connectivity index (χ2n) is 7.33. The third-order valence-electron chi connectivity index (χ3n) is 5.70. The SMILES string of the molecule is [2H]C([2H])([C@@H]1CCCC[C@H]1CN1CCN(c2nsc3ccccc23)CC1)[N+](=O)[O-]. The molecule has 2 atom stereocenters. The zero-order chi connectivity index (χ0) is 19.7. The van der Waals surface area contributed by atoms with Crippen LogP contribution in [0.1, 0.15) is 28.4 Å². The molecule has 0 bridgehead atoms. The molecule has 1 saturated carbocycles. The van der Waals surface area contributed by atoms with Gasteiger partial charge in [-0.2, -0.15) is 4.37 Å². The second kappa shape index (κ2) is 7.88. The predicted octanol–water partition coefficient (Wildman–Crippen LogP) is 3.50. The molecule has 140 valence electrons. The van der Waals surface area contributed by atoms with Gasteiger partial charge in [0.1, 0.15) is 8.56 Å². The molecule has 7 heteroatoms. The van der Waals surface area contributed by atoms with E-state index in [1.165, 1.54) is 21.6 Å². The number of hydrogen-bond acceptors (Lipinski definition) is 6. The Hall–Kier alpha value is -1.73. The fourth-order valence-electron chi connectivity index (χ4n) is 4.31. The molecular weight excluding hydrogens is 348 g/mol. The van der Waals surface area contributed by atoms with Crippen molar-refractivity contribution < 1.29 is 7.66 Å². The topological polar surface area (TPSA) is 62.5 Å². The minimum absolute atomic E-state index is 0.0563. The van der Waals surface area contributed by atoms with E-state index in [0.29, 0.717) is 6.42 Å². The van der Waals surface area contributed by atoms with E-state index in [-0.39, 0.29) is 5.92 Å². The maximum atomic E-state index is 11.2. The maximum Gasteiger partial charge on any atom is 0.206 e. The van der Waals surface area contributed by atoms with Crippen LogP contribution >= 0.6 is 11.5 Å². The van der Waals surface area contributed by atoms with E-state index in [4.69, 9.17) is 2.74 Å². The lowest BCUT2D eigenvalue weighted by atomic mass is 9.79. The summed E-state index contributed by atoms with van der Waals surface area (Å²) in [6.07, 6.45) is 3.43. The van der Waals surface area contributed by atoms with E-state index in [1.807, 2.05) is 12.1 Å². The van der Waals surface area contributed by atoms with E-state index in [9.17, 15) is 10.1 Å². The molecule has 0 spiro atoms. The molecule has 2 aromatic rings. The zero-order valence-corrected chi connectivity index (χ0v) is 15.7. The van der Waals surface area contributed by atoms with E-state index < -0.39 is 17.3 Å². The van der Waals surface area contributed by atoms with Crippen molar-refractivity contribution in [2.75, 3.05) is 44.1 Å². The first-order valence-corrected chi connectivity index (χ1v) is 10.2. The molecule has 1 aliphatic carbocycles. The van der Waals surface area contributed by atoms with Gasteiger partial charge in [-0.15, -0.1) is 0 Å². The van der Waals surface area contributed by atoms with Crippen LogP contribution in [0.25, 0.3) is 10.1 Å². The van der Waals surface area contributed by atoms with Gasteiger partial charge in [0.2, 0.25) is 6.50 Å². The Balaban J connectivity index is 1.39. The molecule has 2 aliphatic rings. The Bertz CT molecular complexity index is 838. The number of nitro groups is 1. The normalized spacial score (nSPS) is 26.5. The van der Waals surface area contributed by atoms with Crippen LogP contribution in [-0.2, 0) is 0 Å². The van der Waals surface area contributed by atoms with Crippen molar-refractivity contribution in [1.82, 2.24) is 9.27 Å². The standard InChI is InChI=1S/C19H26N4O2S/c24-23(25)14-16-6-2-1-5-15(16)13-21-9-11-22(12-10-21)19-17-7-3-4-8-18(17)26-20-19/h3-4,7-8,15-16H,1-2,5-6,9-14H2/t15-,16-/m0/s1/i14D2. The number of anilines is 1. The molecule has 2 fully saturated rings. The molecule has 1 saturated heterocycles. The van der Waals surface area contributed by atoms with Crippen LogP contribution in [0.5, 0.6) is 0 Å². The first kappa shape index (κ1) is 15.3. The summed E-state index contributed by atoms with van der Waals surface area (Å²) in [5.41, 5.74) is 0. The Morgan fingerprint density at radius 2 is 1.92 bits per heavy atom. The predicted molar refractivity (Wildman–Crippen MR) is 106 cm³/mol. The van der Waals surface area contributed by atoms with Gasteiger partial charge >= 0.3 is 0 Å². The van der Waals surface area contributed by atoms with Crippen molar-refractivity contribution >= 4 is 27.4 Å². The van der Waals surface area contributed by atoms with Crippen LogP contribution in [-0.4, -0.2) is 53.4 Å².